The zero-order chi connectivity index (χ0) is 24.4. The number of nitrogens with zero attached hydrogens (tertiary/aromatic N) is 2. The Kier molecular flexibility index (Phi) is 6.14. The highest BCUT2D eigenvalue weighted by Gasteiger charge is 2.35. The maximum absolute atomic E-state index is 14.0. The van der Waals surface area contributed by atoms with E-state index in [1.165, 1.54) is 4.31 Å². The van der Waals surface area contributed by atoms with Gasteiger partial charge in [-0.15, -0.1) is 0 Å². The van der Waals surface area contributed by atoms with E-state index in [9.17, 15) is 13.2 Å². The molecule has 1 aliphatic rings. The number of para-hydroxylation sites is 2. The molecule has 0 fully saturated rings. The Bertz CT molecular complexity index is 1450. The largest absolute Gasteiger partial charge is 0.305 e. The fourth-order valence-electron chi connectivity index (χ4n) is 4.65. The number of sulfonamides is 1. The number of carbonyl (C=O) groups excluding carboxylic acids is 1. The molecule has 5 rings (SSSR count). The van der Waals surface area contributed by atoms with Gasteiger partial charge in [0.2, 0.25) is 0 Å². The van der Waals surface area contributed by atoms with Crippen LogP contribution in [-0.4, -0.2) is 20.4 Å². The van der Waals surface area contributed by atoms with Crippen LogP contribution in [-0.2, 0) is 23.0 Å². The number of benzene rings is 4. The lowest BCUT2D eigenvalue weighted by Crippen LogP contribution is -2.38. The molecule has 1 amide bonds. The summed E-state index contributed by atoms with van der Waals surface area (Å²) >= 11 is 0. The monoisotopic (exact) mass is 482 g/mol. The minimum Gasteiger partial charge on any atom is -0.305 e. The molecule has 0 N–H and O–H groups in total. The quantitative estimate of drug-likeness (QED) is 0.356. The minimum absolute atomic E-state index is 0.0266. The van der Waals surface area contributed by atoms with Crippen LogP contribution in [0.15, 0.2) is 114 Å². The van der Waals surface area contributed by atoms with Gasteiger partial charge in [0.25, 0.3) is 15.9 Å². The van der Waals surface area contributed by atoms with Gasteiger partial charge in [-0.1, -0.05) is 78.9 Å². The van der Waals surface area contributed by atoms with Crippen LogP contribution in [0, 0.1) is 0 Å². The number of carbonyl (C=O) groups is 1. The Morgan fingerprint density at radius 1 is 0.829 bits per heavy atom. The molecular formula is C29H26N2O3S. The molecule has 35 heavy (non-hydrogen) atoms. The molecule has 0 unspecified atom stereocenters. The van der Waals surface area contributed by atoms with Crippen LogP contribution in [0.3, 0.4) is 0 Å². The van der Waals surface area contributed by atoms with Crippen molar-refractivity contribution in [3.63, 3.8) is 0 Å². The molecule has 6 heteroatoms. The molecule has 0 radical (unpaired) electrons. The van der Waals surface area contributed by atoms with Crippen molar-refractivity contribution in [2.75, 3.05) is 9.21 Å². The van der Waals surface area contributed by atoms with Gasteiger partial charge in [0, 0.05) is 11.7 Å². The van der Waals surface area contributed by atoms with Crippen LogP contribution in [0.5, 0.6) is 0 Å². The molecule has 0 saturated heterocycles. The van der Waals surface area contributed by atoms with Crippen molar-refractivity contribution in [2.45, 2.75) is 30.8 Å². The van der Waals surface area contributed by atoms with E-state index in [4.69, 9.17) is 0 Å². The second-order valence-electron chi connectivity index (χ2n) is 8.68. The summed E-state index contributed by atoms with van der Waals surface area (Å²) in [6.07, 6.45) is 0.764. The lowest BCUT2D eigenvalue weighted by Gasteiger charge is -2.29. The summed E-state index contributed by atoms with van der Waals surface area (Å²) in [5, 5.41) is 0. The molecule has 1 atom stereocenters. The Balaban J connectivity index is 1.63. The molecule has 0 bridgehead atoms. The topological polar surface area (TPSA) is 57.7 Å². The van der Waals surface area contributed by atoms with Gasteiger partial charge in [-0.05, 0) is 54.8 Å². The predicted molar refractivity (Wildman–Crippen MR) is 139 cm³/mol. The van der Waals surface area contributed by atoms with Crippen molar-refractivity contribution >= 4 is 27.3 Å². The minimum atomic E-state index is -3.94. The summed E-state index contributed by atoms with van der Waals surface area (Å²) in [6.45, 7) is 2.12. The zero-order valence-corrected chi connectivity index (χ0v) is 20.2. The first-order valence-corrected chi connectivity index (χ1v) is 13.0. The second-order valence-corrected chi connectivity index (χ2v) is 10.5. The van der Waals surface area contributed by atoms with Crippen molar-refractivity contribution in [2.24, 2.45) is 0 Å². The Morgan fingerprint density at radius 2 is 1.43 bits per heavy atom. The van der Waals surface area contributed by atoms with Crippen LogP contribution in [0.4, 0.5) is 11.4 Å². The third kappa shape index (κ3) is 4.33. The molecule has 0 aliphatic carbocycles. The summed E-state index contributed by atoms with van der Waals surface area (Å²) in [5.41, 5.74) is 3.53. The van der Waals surface area contributed by atoms with Gasteiger partial charge in [0.05, 0.1) is 22.7 Å². The standard InChI is InChI=1S/C29H26N2O3S/c1-22-20-24-14-8-10-18-27(24)31(22)29(32)26-17-9-11-19-28(26)30(21-23-12-4-2-5-13-23)35(33,34)25-15-6-3-7-16-25/h2-19,22H,20-21H2,1H3/t22-/m0/s1. The summed E-state index contributed by atoms with van der Waals surface area (Å²) in [7, 11) is -3.94. The fourth-order valence-corrected chi connectivity index (χ4v) is 6.14. The maximum atomic E-state index is 14.0. The van der Waals surface area contributed by atoms with E-state index in [0.29, 0.717) is 11.3 Å². The van der Waals surface area contributed by atoms with Gasteiger partial charge in [-0.25, -0.2) is 8.42 Å². The first-order valence-electron chi connectivity index (χ1n) is 11.6. The van der Waals surface area contributed by atoms with Gasteiger partial charge in [0.1, 0.15) is 0 Å². The molecule has 0 saturated carbocycles. The van der Waals surface area contributed by atoms with E-state index < -0.39 is 10.0 Å². The number of anilines is 2. The lowest BCUT2D eigenvalue weighted by molar-refractivity contribution is 0.0982. The number of hydrogen-bond donors (Lipinski definition) is 0. The smallest absolute Gasteiger partial charge is 0.264 e. The predicted octanol–water partition coefficient (Wildman–Crippen LogP) is 5.67. The third-order valence-corrected chi connectivity index (χ3v) is 8.10. The molecular weight excluding hydrogens is 456 g/mol. The highest BCUT2D eigenvalue weighted by Crippen LogP contribution is 2.36. The molecule has 4 aromatic rings. The SMILES string of the molecule is C[C@H]1Cc2ccccc2N1C(=O)c1ccccc1N(Cc1ccccc1)S(=O)(=O)c1ccccc1. The van der Waals surface area contributed by atoms with Crippen molar-refractivity contribution < 1.29 is 13.2 Å². The Morgan fingerprint density at radius 3 is 2.17 bits per heavy atom. The molecule has 0 aromatic heterocycles. The highest BCUT2D eigenvalue weighted by molar-refractivity contribution is 7.92. The second kappa shape index (κ2) is 9.39. The zero-order valence-electron chi connectivity index (χ0n) is 19.4. The summed E-state index contributed by atoms with van der Waals surface area (Å²) in [4.78, 5) is 15.9. The van der Waals surface area contributed by atoms with E-state index in [0.717, 1.165) is 23.2 Å². The van der Waals surface area contributed by atoms with Crippen molar-refractivity contribution in [1.29, 1.82) is 0 Å². The molecule has 5 nitrogen and oxygen atoms in total. The fraction of sp³-hybridized carbons (Fsp3) is 0.138. The van der Waals surface area contributed by atoms with Gasteiger partial charge in [-0.3, -0.25) is 9.10 Å². The molecule has 1 heterocycles. The van der Waals surface area contributed by atoms with Crippen LogP contribution >= 0.6 is 0 Å². The Labute approximate surface area is 206 Å². The van der Waals surface area contributed by atoms with Gasteiger partial charge < -0.3 is 4.90 Å². The Hall–Kier alpha value is -3.90. The molecule has 4 aromatic carbocycles. The van der Waals surface area contributed by atoms with Gasteiger partial charge in [-0.2, -0.15) is 0 Å². The summed E-state index contributed by atoms with van der Waals surface area (Å²) < 4.78 is 29.1. The van der Waals surface area contributed by atoms with Gasteiger partial charge >= 0.3 is 0 Å². The number of hydrogen-bond acceptors (Lipinski definition) is 3. The van der Waals surface area contributed by atoms with Crippen LogP contribution in [0.2, 0.25) is 0 Å². The molecule has 0 spiro atoms. The van der Waals surface area contributed by atoms with Crippen LogP contribution in [0.25, 0.3) is 0 Å². The van der Waals surface area contributed by atoms with E-state index >= 15 is 0 Å². The van der Waals surface area contributed by atoms with E-state index in [1.807, 2.05) is 61.5 Å². The van der Waals surface area contributed by atoms with Crippen LogP contribution < -0.4 is 9.21 Å². The van der Waals surface area contributed by atoms with Crippen LogP contribution in [0.1, 0.15) is 28.4 Å². The lowest BCUT2D eigenvalue weighted by atomic mass is 10.1. The van der Waals surface area contributed by atoms with E-state index in [-0.39, 0.29) is 23.4 Å². The highest BCUT2D eigenvalue weighted by atomic mass is 32.2. The van der Waals surface area contributed by atoms with E-state index in [1.54, 1.807) is 59.5 Å². The van der Waals surface area contributed by atoms with Crippen molar-refractivity contribution in [3.05, 3.63) is 126 Å². The average molecular weight is 483 g/mol. The van der Waals surface area contributed by atoms with Crippen molar-refractivity contribution in [3.8, 4) is 0 Å². The molecule has 1 aliphatic heterocycles. The van der Waals surface area contributed by atoms with E-state index in [2.05, 4.69) is 0 Å². The first-order chi connectivity index (χ1) is 17.0. The molecule has 176 valence electrons. The van der Waals surface area contributed by atoms with Crippen molar-refractivity contribution in [1.82, 2.24) is 0 Å². The normalized spacial score (nSPS) is 15.0. The van der Waals surface area contributed by atoms with Gasteiger partial charge in [0.15, 0.2) is 0 Å². The third-order valence-electron chi connectivity index (χ3n) is 6.33. The maximum Gasteiger partial charge on any atom is 0.264 e. The average Bonchev–Trinajstić information content (AvgIpc) is 3.23. The number of amides is 1. The number of fused-ring (bicyclic) bond motifs is 1. The number of rotatable bonds is 6. The summed E-state index contributed by atoms with van der Waals surface area (Å²) in [5.74, 6) is -0.209. The summed E-state index contributed by atoms with van der Waals surface area (Å²) in [6, 6.07) is 32.6. The first kappa shape index (κ1) is 22.9.